The molecule has 0 radical (unpaired) electrons. The summed E-state index contributed by atoms with van der Waals surface area (Å²) in [4.78, 5) is 0. The summed E-state index contributed by atoms with van der Waals surface area (Å²) in [6.07, 6.45) is 2.70. The molecule has 0 saturated carbocycles. The smallest absolute Gasteiger partial charge is 0.0683 e. The fourth-order valence-electron chi connectivity index (χ4n) is 1.08. The van der Waals surface area contributed by atoms with Gasteiger partial charge in [-0.15, -0.1) is 0 Å². The number of nitrogens with two attached hydrogens (primary N) is 1. The van der Waals surface area contributed by atoms with Crippen molar-refractivity contribution in [1.29, 1.82) is 5.26 Å². The summed E-state index contributed by atoms with van der Waals surface area (Å²) in [7, 11) is 0. The highest BCUT2D eigenvalue weighted by Gasteiger charge is 2.17. The molecule has 1 unspecified atom stereocenters. The Morgan fingerprint density at radius 1 is 1.33 bits per heavy atom. The van der Waals surface area contributed by atoms with Gasteiger partial charge in [0.15, 0.2) is 0 Å². The highest BCUT2D eigenvalue weighted by molar-refractivity contribution is 4.91. The van der Waals surface area contributed by atoms with E-state index in [1.165, 1.54) is 0 Å². The molecule has 0 aromatic carbocycles. The zero-order valence-electron chi connectivity index (χ0n) is 10.5. The van der Waals surface area contributed by atoms with E-state index in [-0.39, 0.29) is 11.0 Å². The lowest BCUT2D eigenvalue weighted by Gasteiger charge is -2.22. The van der Waals surface area contributed by atoms with E-state index in [9.17, 15) is 0 Å². The van der Waals surface area contributed by atoms with Gasteiger partial charge in [-0.3, -0.25) is 0 Å². The van der Waals surface area contributed by atoms with Gasteiger partial charge in [0.1, 0.15) is 0 Å². The fourth-order valence-corrected chi connectivity index (χ4v) is 1.08. The van der Waals surface area contributed by atoms with Gasteiger partial charge in [0.05, 0.1) is 18.1 Å². The van der Waals surface area contributed by atoms with Crippen LogP contribution in [0.2, 0.25) is 0 Å². The van der Waals surface area contributed by atoms with Gasteiger partial charge in [0.2, 0.25) is 0 Å². The zero-order chi connectivity index (χ0) is 11.9. The fraction of sp³-hybridized carbons (Fsp3) is 0.917. The topological polar surface area (TPSA) is 59.0 Å². The van der Waals surface area contributed by atoms with Crippen LogP contribution in [-0.2, 0) is 4.74 Å². The average molecular weight is 212 g/mol. The maximum absolute atomic E-state index is 8.81. The maximum atomic E-state index is 8.81. The van der Waals surface area contributed by atoms with Crippen molar-refractivity contribution in [3.8, 4) is 6.07 Å². The van der Waals surface area contributed by atoms with Crippen LogP contribution in [0.5, 0.6) is 0 Å². The van der Waals surface area contributed by atoms with Crippen LogP contribution < -0.4 is 5.73 Å². The summed E-state index contributed by atoms with van der Waals surface area (Å²) in [5.41, 5.74) is 5.48. The van der Waals surface area contributed by atoms with Crippen LogP contribution in [0.15, 0.2) is 0 Å². The number of hydrogen-bond acceptors (Lipinski definition) is 3. The molecule has 0 aromatic rings. The van der Waals surface area contributed by atoms with Crippen molar-refractivity contribution in [2.75, 3.05) is 13.2 Å². The van der Waals surface area contributed by atoms with E-state index in [2.05, 4.69) is 13.0 Å². The van der Waals surface area contributed by atoms with Crippen molar-refractivity contribution in [1.82, 2.24) is 0 Å². The Labute approximate surface area is 93.6 Å². The van der Waals surface area contributed by atoms with Gasteiger partial charge >= 0.3 is 0 Å². The van der Waals surface area contributed by atoms with Gasteiger partial charge < -0.3 is 10.5 Å². The summed E-state index contributed by atoms with van der Waals surface area (Å²) in [6, 6.07) is 2.28. The highest BCUT2D eigenvalue weighted by Crippen LogP contribution is 2.20. The normalized spacial score (nSPS) is 15.7. The van der Waals surface area contributed by atoms with Crippen LogP contribution in [0.25, 0.3) is 0 Å². The second-order valence-electron chi connectivity index (χ2n) is 5.16. The first-order valence-corrected chi connectivity index (χ1v) is 5.61. The lowest BCUT2D eigenvalue weighted by atomic mass is 9.90. The summed E-state index contributed by atoms with van der Waals surface area (Å²) >= 11 is 0. The molecule has 0 amide bonds. The van der Waals surface area contributed by atoms with Gasteiger partial charge in [0, 0.05) is 12.1 Å². The Kier molecular flexibility index (Phi) is 5.85. The maximum Gasteiger partial charge on any atom is 0.0683 e. The number of nitrogens with zero attached hydrogens (tertiary/aromatic N) is 1. The third-order valence-corrected chi connectivity index (χ3v) is 2.63. The average Bonchev–Trinajstić information content (AvgIpc) is 2.17. The monoisotopic (exact) mass is 212 g/mol. The highest BCUT2D eigenvalue weighted by atomic mass is 16.5. The van der Waals surface area contributed by atoms with Crippen molar-refractivity contribution >= 4 is 0 Å². The minimum atomic E-state index is -0.236. The molecule has 1 atom stereocenters. The third kappa shape index (κ3) is 7.35. The lowest BCUT2D eigenvalue weighted by molar-refractivity contribution is 0.0834. The van der Waals surface area contributed by atoms with E-state index in [1.807, 2.05) is 20.8 Å². The van der Waals surface area contributed by atoms with Gasteiger partial charge in [0.25, 0.3) is 0 Å². The predicted octanol–water partition coefficient (Wildman–Crippen LogP) is 2.46. The Bertz CT molecular complexity index is 216. The number of hydrogen-bond donors (Lipinski definition) is 1. The van der Waals surface area contributed by atoms with Crippen molar-refractivity contribution in [3.63, 3.8) is 0 Å². The van der Waals surface area contributed by atoms with E-state index in [0.29, 0.717) is 13.2 Å². The standard InChI is InChI=1S/C12H24N2O/c1-5-12(4,14)10-15-8-6-7-11(2,3)9-13/h5-8,10,14H2,1-4H3. The molecule has 0 heterocycles. The molecular weight excluding hydrogens is 188 g/mol. The number of rotatable bonds is 7. The van der Waals surface area contributed by atoms with E-state index in [0.717, 1.165) is 19.3 Å². The third-order valence-electron chi connectivity index (χ3n) is 2.63. The molecule has 0 fully saturated rings. The van der Waals surface area contributed by atoms with Gasteiger partial charge in [-0.1, -0.05) is 6.92 Å². The molecule has 0 rings (SSSR count). The number of ether oxygens (including phenoxy) is 1. The predicted molar refractivity (Wildman–Crippen MR) is 62.3 cm³/mol. The summed E-state index contributed by atoms with van der Waals surface area (Å²) in [5.74, 6) is 0. The largest absolute Gasteiger partial charge is 0.380 e. The minimum Gasteiger partial charge on any atom is -0.380 e. The Hall–Kier alpha value is -0.590. The van der Waals surface area contributed by atoms with Gasteiger partial charge in [-0.25, -0.2) is 0 Å². The first-order valence-electron chi connectivity index (χ1n) is 5.61. The van der Waals surface area contributed by atoms with Gasteiger partial charge in [-0.2, -0.15) is 5.26 Å². The Morgan fingerprint density at radius 2 is 1.93 bits per heavy atom. The molecule has 0 spiro atoms. The molecule has 0 aliphatic heterocycles. The molecule has 3 nitrogen and oxygen atoms in total. The van der Waals surface area contributed by atoms with E-state index >= 15 is 0 Å². The second kappa shape index (κ2) is 6.09. The van der Waals surface area contributed by atoms with Crippen LogP contribution in [-0.4, -0.2) is 18.8 Å². The summed E-state index contributed by atoms with van der Waals surface area (Å²) < 4.78 is 5.49. The quantitative estimate of drug-likeness (QED) is 0.659. The molecule has 0 bridgehead atoms. The summed E-state index contributed by atoms with van der Waals surface area (Å²) in [6.45, 7) is 9.24. The van der Waals surface area contributed by atoms with E-state index < -0.39 is 0 Å². The lowest BCUT2D eigenvalue weighted by Crippen LogP contribution is -2.40. The SMILES string of the molecule is CCC(C)(N)COCCCC(C)(C)C#N. The summed E-state index contributed by atoms with van der Waals surface area (Å²) in [5, 5.41) is 8.81. The molecule has 2 N–H and O–H groups in total. The molecular formula is C12H24N2O. The molecule has 0 aromatic heterocycles. The molecule has 3 heteroatoms. The van der Waals surface area contributed by atoms with Crippen molar-refractivity contribution in [2.24, 2.45) is 11.1 Å². The molecule has 0 aliphatic carbocycles. The van der Waals surface area contributed by atoms with Crippen LogP contribution in [0, 0.1) is 16.7 Å². The zero-order valence-corrected chi connectivity index (χ0v) is 10.5. The first kappa shape index (κ1) is 14.4. The first-order chi connectivity index (χ1) is 6.83. The number of nitriles is 1. The van der Waals surface area contributed by atoms with Gasteiger partial charge in [-0.05, 0) is 40.0 Å². The van der Waals surface area contributed by atoms with Crippen LogP contribution in [0.3, 0.4) is 0 Å². The Balaban J connectivity index is 3.54. The van der Waals surface area contributed by atoms with E-state index in [4.69, 9.17) is 15.7 Å². The van der Waals surface area contributed by atoms with Crippen LogP contribution in [0.4, 0.5) is 0 Å². The Morgan fingerprint density at radius 3 is 2.40 bits per heavy atom. The minimum absolute atomic E-state index is 0.218. The molecule has 0 aliphatic rings. The van der Waals surface area contributed by atoms with Crippen LogP contribution >= 0.6 is 0 Å². The van der Waals surface area contributed by atoms with Crippen molar-refractivity contribution < 1.29 is 4.74 Å². The van der Waals surface area contributed by atoms with Crippen molar-refractivity contribution in [2.45, 2.75) is 52.5 Å². The second-order valence-corrected chi connectivity index (χ2v) is 5.16. The van der Waals surface area contributed by atoms with Crippen molar-refractivity contribution in [3.05, 3.63) is 0 Å². The van der Waals surface area contributed by atoms with Crippen LogP contribution in [0.1, 0.15) is 47.0 Å². The van der Waals surface area contributed by atoms with E-state index in [1.54, 1.807) is 0 Å². The molecule has 0 saturated heterocycles. The molecule has 15 heavy (non-hydrogen) atoms. The molecule has 88 valence electrons.